The molecule has 4 nitrogen and oxygen atoms in total. The summed E-state index contributed by atoms with van der Waals surface area (Å²) in [5.41, 5.74) is 4.54. The number of allylic oxidation sites excluding steroid dienone is 1. The van der Waals surface area contributed by atoms with Gasteiger partial charge in [-0.1, -0.05) is 35.9 Å². The van der Waals surface area contributed by atoms with Crippen molar-refractivity contribution in [2.24, 2.45) is 0 Å². The van der Waals surface area contributed by atoms with Crippen molar-refractivity contribution in [2.45, 2.75) is 31.8 Å². The number of benzene rings is 2. The van der Waals surface area contributed by atoms with Crippen LogP contribution in [-0.4, -0.2) is 22.2 Å². The Morgan fingerprint density at radius 1 is 1.16 bits per heavy atom. The summed E-state index contributed by atoms with van der Waals surface area (Å²) in [6.07, 6.45) is 1.46. The van der Waals surface area contributed by atoms with Crippen LogP contribution < -0.4 is 5.32 Å². The van der Waals surface area contributed by atoms with Crippen LogP contribution in [0.5, 0.6) is 0 Å². The summed E-state index contributed by atoms with van der Waals surface area (Å²) in [6.45, 7) is 1.50. The van der Waals surface area contributed by atoms with E-state index >= 15 is 0 Å². The predicted molar refractivity (Wildman–Crippen MR) is 98.7 cm³/mol. The van der Waals surface area contributed by atoms with Gasteiger partial charge in [0, 0.05) is 11.1 Å². The van der Waals surface area contributed by atoms with Gasteiger partial charge in [-0.3, -0.25) is 4.79 Å². The minimum atomic E-state index is -0.317. The highest BCUT2D eigenvalue weighted by Crippen LogP contribution is 2.41. The molecule has 0 aromatic heterocycles. The number of anilines is 1. The molecule has 1 amide bonds. The van der Waals surface area contributed by atoms with Crippen LogP contribution in [0.2, 0.25) is 5.02 Å². The van der Waals surface area contributed by atoms with Crippen LogP contribution in [-0.2, 0) is 4.79 Å². The summed E-state index contributed by atoms with van der Waals surface area (Å²) in [5.74, 6) is 0.0958. The molecule has 25 heavy (non-hydrogen) atoms. The number of halogens is 1. The molecule has 1 aliphatic heterocycles. The van der Waals surface area contributed by atoms with Crippen LogP contribution in [0.1, 0.15) is 36.8 Å². The molecule has 1 saturated carbocycles. The molecule has 1 aliphatic carbocycles. The number of aliphatic hydroxyl groups excluding tert-OH is 2. The van der Waals surface area contributed by atoms with Crippen molar-refractivity contribution in [3.63, 3.8) is 0 Å². The van der Waals surface area contributed by atoms with Crippen LogP contribution in [0.3, 0.4) is 0 Å². The Bertz CT molecular complexity index is 892. The fraction of sp³-hybridized carbons (Fsp3) is 0.250. The Kier molecular flexibility index (Phi) is 3.82. The second-order valence-corrected chi connectivity index (χ2v) is 7.14. The van der Waals surface area contributed by atoms with Crippen LogP contribution >= 0.6 is 11.6 Å². The quantitative estimate of drug-likeness (QED) is 0.549. The third-order valence-electron chi connectivity index (χ3n) is 5.02. The number of nitrogens with one attached hydrogen (secondary N) is 1. The number of aliphatic hydroxyl groups is 2. The molecule has 1 fully saturated rings. The van der Waals surface area contributed by atoms with E-state index in [0.717, 1.165) is 24.0 Å². The first-order valence-electron chi connectivity index (χ1n) is 8.27. The first kappa shape index (κ1) is 16.2. The minimum absolute atomic E-state index is 0.0107. The van der Waals surface area contributed by atoms with Gasteiger partial charge in [0.25, 0.3) is 5.91 Å². The molecular weight excluding hydrogens is 338 g/mol. The van der Waals surface area contributed by atoms with Crippen LogP contribution in [0.25, 0.3) is 16.7 Å². The van der Waals surface area contributed by atoms with E-state index in [2.05, 4.69) is 17.4 Å². The minimum Gasteiger partial charge on any atom is -0.512 e. The molecule has 2 aromatic carbocycles. The van der Waals surface area contributed by atoms with Gasteiger partial charge in [-0.05, 0) is 48.9 Å². The second-order valence-electron chi connectivity index (χ2n) is 6.74. The smallest absolute Gasteiger partial charge is 0.259 e. The average Bonchev–Trinajstić information content (AvgIpc) is 2.86. The lowest BCUT2D eigenvalue weighted by atomic mass is 9.77. The summed E-state index contributed by atoms with van der Waals surface area (Å²) in [4.78, 5) is 12.0. The highest BCUT2D eigenvalue weighted by atomic mass is 35.5. The first-order valence-corrected chi connectivity index (χ1v) is 8.65. The van der Waals surface area contributed by atoms with Crippen molar-refractivity contribution in [3.05, 3.63) is 58.3 Å². The standard InChI is InChI=1S/C20H18ClNO3/c1-10(23)19-16-8-15(17(21)9-18(16)22-20(19)25)12-4-2-11(3-5-12)13-6-14(24)7-13/h2-5,8-9,13-14,23-24H,6-7H2,1H3,(H,22,25)/b19-10+. The van der Waals surface area contributed by atoms with Crippen molar-refractivity contribution in [1.29, 1.82) is 0 Å². The van der Waals surface area contributed by atoms with Crippen molar-refractivity contribution < 1.29 is 15.0 Å². The van der Waals surface area contributed by atoms with Crippen molar-refractivity contribution >= 4 is 28.8 Å². The summed E-state index contributed by atoms with van der Waals surface area (Å²) in [7, 11) is 0. The molecule has 5 heteroatoms. The zero-order valence-electron chi connectivity index (χ0n) is 13.7. The Balaban J connectivity index is 1.72. The van der Waals surface area contributed by atoms with Gasteiger partial charge in [-0.2, -0.15) is 0 Å². The predicted octanol–water partition coefficient (Wildman–Crippen LogP) is 4.49. The van der Waals surface area contributed by atoms with Crippen molar-refractivity contribution in [2.75, 3.05) is 5.32 Å². The molecule has 0 spiro atoms. The lowest BCUT2D eigenvalue weighted by Crippen LogP contribution is -2.26. The van der Waals surface area contributed by atoms with Gasteiger partial charge in [0.05, 0.1) is 22.4 Å². The Morgan fingerprint density at radius 3 is 2.44 bits per heavy atom. The molecule has 0 atom stereocenters. The SMILES string of the molecule is C/C(O)=C1\C(=O)Nc2cc(Cl)c(-c3ccc(C4CC(O)C4)cc3)cc21. The molecule has 2 aromatic rings. The molecule has 4 rings (SSSR count). The van der Waals surface area contributed by atoms with E-state index < -0.39 is 0 Å². The van der Waals surface area contributed by atoms with Gasteiger partial charge in [-0.15, -0.1) is 0 Å². The molecule has 0 saturated heterocycles. The summed E-state index contributed by atoms with van der Waals surface area (Å²) >= 11 is 6.41. The number of rotatable bonds is 2. The highest BCUT2D eigenvalue weighted by Gasteiger charge is 2.29. The van der Waals surface area contributed by atoms with Gasteiger partial charge in [0.1, 0.15) is 5.76 Å². The highest BCUT2D eigenvalue weighted by molar-refractivity contribution is 6.36. The third-order valence-corrected chi connectivity index (χ3v) is 5.33. The molecule has 2 aliphatic rings. The Labute approximate surface area is 150 Å². The number of fused-ring (bicyclic) bond motifs is 1. The van der Waals surface area contributed by atoms with E-state index in [1.807, 2.05) is 18.2 Å². The molecular formula is C20H18ClNO3. The van der Waals surface area contributed by atoms with Gasteiger partial charge < -0.3 is 15.5 Å². The zero-order valence-corrected chi connectivity index (χ0v) is 14.5. The molecule has 1 heterocycles. The first-order chi connectivity index (χ1) is 11.9. The van der Waals surface area contributed by atoms with E-state index in [-0.39, 0.29) is 23.3 Å². The fourth-order valence-corrected chi connectivity index (χ4v) is 3.84. The Hall–Kier alpha value is -2.30. The zero-order chi connectivity index (χ0) is 17.7. The lowest BCUT2D eigenvalue weighted by Gasteiger charge is -2.31. The van der Waals surface area contributed by atoms with Crippen molar-refractivity contribution in [1.82, 2.24) is 0 Å². The monoisotopic (exact) mass is 355 g/mol. The fourth-order valence-electron chi connectivity index (χ4n) is 3.57. The summed E-state index contributed by atoms with van der Waals surface area (Å²) in [5, 5.41) is 22.5. The van der Waals surface area contributed by atoms with Gasteiger partial charge in [-0.25, -0.2) is 0 Å². The van der Waals surface area contributed by atoms with Gasteiger partial charge >= 0.3 is 0 Å². The van der Waals surface area contributed by atoms with Crippen LogP contribution in [0.4, 0.5) is 5.69 Å². The van der Waals surface area contributed by atoms with E-state index in [9.17, 15) is 15.0 Å². The molecule has 128 valence electrons. The maximum absolute atomic E-state index is 12.0. The van der Waals surface area contributed by atoms with Gasteiger partial charge in [0.2, 0.25) is 0 Å². The number of hydrogen-bond donors (Lipinski definition) is 3. The van der Waals surface area contributed by atoms with Gasteiger partial charge in [0.15, 0.2) is 0 Å². The number of carbonyl (C=O) groups excluding carboxylic acids is 1. The lowest BCUT2D eigenvalue weighted by molar-refractivity contribution is -0.110. The number of amides is 1. The van der Waals surface area contributed by atoms with Crippen LogP contribution in [0.15, 0.2) is 42.2 Å². The topological polar surface area (TPSA) is 69.6 Å². The summed E-state index contributed by atoms with van der Waals surface area (Å²) < 4.78 is 0. The summed E-state index contributed by atoms with van der Waals surface area (Å²) in [6, 6.07) is 11.7. The normalized spacial score (nSPS) is 23.7. The van der Waals surface area contributed by atoms with E-state index in [4.69, 9.17) is 11.6 Å². The molecule has 3 N–H and O–H groups in total. The maximum atomic E-state index is 12.0. The van der Waals surface area contributed by atoms with Crippen molar-refractivity contribution in [3.8, 4) is 11.1 Å². The number of hydrogen-bond acceptors (Lipinski definition) is 3. The van der Waals surface area contributed by atoms with E-state index in [1.165, 1.54) is 12.5 Å². The van der Waals surface area contributed by atoms with E-state index in [0.29, 0.717) is 22.2 Å². The maximum Gasteiger partial charge on any atom is 0.259 e. The number of carbonyl (C=O) groups is 1. The molecule has 0 bridgehead atoms. The largest absolute Gasteiger partial charge is 0.512 e. The second kappa shape index (κ2) is 5.90. The van der Waals surface area contributed by atoms with Crippen LogP contribution in [0, 0.1) is 0 Å². The molecule has 0 radical (unpaired) electrons. The Morgan fingerprint density at radius 2 is 1.84 bits per heavy atom. The third kappa shape index (κ3) is 2.71. The molecule has 0 unspecified atom stereocenters. The average molecular weight is 356 g/mol. The van der Waals surface area contributed by atoms with E-state index in [1.54, 1.807) is 6.07 Å².